The van der Waals surface area contributed by atoms with Gasteiger partial charge in [0.05, 0.1) is 12.8 Å². The first kappa shape index (κ1) is 17.2. The molecule has 0 spiro atoms. The summed E-state index contributed by atoms with van der Waals surface area (Å²) in [5, 5.41) is 3.64. The lowest BCUT2D eigenvalue weighted by atomic mass is 10.2. The lowest BCUT2D eigenvalue weighted by Crippen LogP contribution is -2.33. The number of nitrogens with one attached hydrogen (secondary N) is 1. The first-order chi connectivity index (χ1) is 12.1. The Morgan fingerprint density at radius 2 is 1.88 bits per heavy atom. The standard InChI is InChI=1S/C20H19FN2OS/c1-15-9-10-17(12-19(15)21)22-20(25)23(14-18-8-5-11-24-18)13-16-6-3-2-4-7-16/h2-12H,13-14H2,1H3,(H,22,25). The number of aryl methyl sites for hydroxylation is 1. The second-order valence-corrected chi connectivity index (χ2v) is 6.20. The largest absolute Gasteiger partial charge is 0.467 e. The van der Waals surface area contributed by atoms with Gasteiger partial charge in [-0.2, -0.15) is 0 Å². The number of hydrogen-bond donors (Lipinski definition) is 1. The van der Waals surface area contributed by atoms with E-state index in [0.29, 0.717) is 29.5 Å². The molecule has 0 unspecified atom stereocenters. The molecule has 0 saturated carbocycles. The molecular weight excluding hydrogens is 335 g/mol. The third kappa shape index (κ3) is 4.67. The molecule has 1 N–H and O–H groups in total. The minimum absolute atomic E-state index is 0.256. The highest BCUT2D eigenvalue weighted by molar-refractivity contribution is 7.80. The molecule has 1 heterocycles. The van der Waals surface area contributed by atoms with Crippen LogP contribution in [0.15, 0.2) is 71.3 Å². The molecule has 0 aliphatic rings. The van der Waals surface area contributed by atoms with Crippen LogP contribution in [0.4, 0.5) is 10.1 Å². The van der Waals surface area contributed by atoms with Gasteiger partial charge in [-0.15, -0.1) is 0 Å². The highest BCUT2D eigenvalue weighted by Crippen LogP contribution is 2.17. The van der Waals surface area contributed by atoms with Crippen LogP contribution in [0.1, 0.15) is 16.9 Å². The predicted molar refractivity (Wildman–Crippen MR) is 102 cm³/mol. The molecule has 0 aliphatic carbocycles. The lowest BCUT2D eigenvalue weighted by molar-refractivity contribution is 0.360. The van der Waals surface area contributed by atoms with Crippen LogP contribution in [-0.2, 0) is 13.1 Å². The number of anilines is 1. The second-order valence-electron chi connectivity index (χ2n) is 5.82. The summed E-state index contributed by atoms with van der Waals surface area (Å²) in [4.78, 5) is 1.99. The number of furan rings is 1. The lowest BCUT2D eigenvalue weighted by Gasteiger charge is -2.25. The molecule has 3 aromatic rings. The summed E-state index contributed by atoms with van der Waals surface area (Å²) in [6.07, 6.45) is 1.64. The fraction of sp³-hybridized carbons (Fsp3) is 0.150. The summed E-state index contributed by atoms with van der Waals surface area (Å²) in [7, 11) is 0. The van der Waals surface area contributed by atoms with E-state index < -0.39 is 0 Å². The highest BCUT2D eigenvalue weighted by atomic mass is 32.1. The van der Waals surface area contributed by atoms with E-state index in [1.807, 2.05) is 53.4 Å². The van der Waals surface area contributed by atoms with Gasteiger partial charge in [0.2, 0.25) is 0 Å². The molecule has 2 aromatic carbocycles. The zero-order valence-corrected chi connectivity index (χ0v) is 14.7. The van der Waals surface area contributed by atoms with Crippen LogP contribution in [0.5, 0.6) is 0 Å². The van der Waals surface area contributed by atoms with Crippen LogP contribution in [-0.4, -0.2) is 10.0 Å². The molecule has 3 nitrogen and oxygen atoms in total. The molecule has 0 bridgehead atoms. The van der Waals surface area contributed by atoms with E-state index >= 15 is 0 Å². The molecule has 3 rings (SSSR count). The smallest absolute Gasteiger partial charge is 0.174 e. The van der Waals surface area contributed by atoms with Crippen molar-refractivity contribution in [2.45, 2.75) is 20.0 Å². The number of halogens is 1. The number of rotatable bonds is 5. The van der Waals surface area contributed by atoms with E-state index in [4.69, 9.17) is 16.6 Å². The van der Waals surface area contributed by atoms with Gasteiger partial charge in [0.25, 0.3) is 0 Å². The Bertz CT molecular complexity index is 834. The molecule has 0 fully saturated rings. The number of thiocarbonyl (C=S) groups is 1. The van der Waals surface area contributed by atoms with Gasteiger partial charge < -0.3 is 14.6 Å². The van der Waals surface area contributed by atoms with Crippen LogP contribution in [0.3, 0.4) is 0 Å². The van der Waals surface area contributed by atoms with Crippen molar-refractivity contribution in [3.63, 3.8) is 0 Å². The van der Waals surface area contributed by atoms with Gasteiger partial charge in [0.1, 0.15) is 11.6 Å². The molecular formula is C20H19FN2OS. The molecule has 0 radical (unpaired) electrons. The Labute approximate surface area is 152 Å². The van der Waals surface area contributed by atoms with Gasteiger partial charge in [0.15, 0.2) is 5.11 Å². The second kappa shape index (κ2) is 7.94. The van der Waals surface area contributed by atoms with Crippen molar-refractivity contribution < 1.29 is 8.81 Å². The van der Waals surface area contributed by atoms with Crippen molar-refractivity contribution in [3.05, 3.63) is 89.6 Å². The SMILES string of the molecule is Cc1ccc(NC(=S)N(Cc2ccccc2)Cc2ccco2)cc1F. The molecule has 0 atom stereocenters. The normalized spacial score (nSPS) is 10.5. The summed E-state index contributed by atoms with van der Waals surface area (Å²) in [6, 6.07) is 18.8. The Hall–Kier alpha value is -2.66. The van der Waals surface area contributed by atoms with Gasteiger partial charge in [-0.25, -0.2) is 4.39 Å². The Balaban J connectivity index is 1.77. The van der Waals surface area contributed by atoms with E-state index in [0.717, 1.165) is 11.3 Å². The van der Waals surface area contributed by atoms with Crippen LogP contribution in [0, 0.1) is 12.7 Å². The minimum atomic E-state index is -0.256. The van der Waals surface area contributed by atoms with Gasteiger partial charge in [-0.3, -0.25) is 0 Å². The maximum atomic E-state index is 13.8. The quantitative estimate of drug-likeness (QED) is 0.643. The summed E-state index contributed by atoms with van der Waals surface area (Å²) >= 11 is 5.56. The molecule has 25 heavy (non-hydrogen) atoms. The van der Waals surface area contributed by atoms with Crippen LogP contribution < -0.4 is 5.32 Å². The van der Waals surface area contributed by atoms with E-state index in [-0.39, 0.29) is 5.82 Å². The zero-order valence-electron chi connectivity index (χ0n) is 13.9. The van der Waals surface area contributed by atoms with Gasteiger partial charge >= 0.3 is 0 Å². The number of hydrogen-bond acceptors (Lipinski definition) is 2. The third-order valence-corrected chi connectivity index (χ3v) is 4.21. The molecule has 0 amide bonds. The van der Waals surface area contributed by atoms with E-state index in [2.05, 4.69) is 5.32 Å². The van der Waals surface area contributed by atoms with E-state index in [1.165, 1.54) is 6.07 Å². The maximum Gasteiger partial charge on any atom is 0.174 e. The topological polar surface area (TPSA) is 28.4 Å². The van der Waals surface area contributed by atoms with Gasteiger partial charge in [-0.05, 0) is 54.5 Å². The van der Waals surface area contributed by atoms with Gasteiger partial charge in [-0.1, -0.05) is 36.4 Å². The predicted octanol–water partition coefficient (Wildman–Crippen LogP) is 5.13. The van der Waals surface area contributed by atoms with Gasteiger partial charge in [0, 0.05) is 12.2 Å². The highest BCUT2D eigenvalue weighted by Gasteiger charge is 2.13. The van der Waals surface area contributed by atoms with Crippen molar-refractivity contribution in [1.82, 2.24) is 4.90 Å². The molecule has 0 saturated heterocycles. The molecule has 1 aromatic heterocycles. The van der Waals surface area contributed by atoms with Crippen molar-refractivity contribution in [2.24, 2.45) is 0 Å². The summed E-state index contributed by atoms with van der Waals surface area (Å²) in [5.41, 5.74) is 2.37. The molecule has 5 heteroatoms. The third-order valence-electron chi connectivity index (χ3n) is 3.85. The Morgan fingerprint density at radius 3 is 2.56 bits per heavy atom. The van der Waals surface area contributed by atoms with E-state index in [9.17, 15) is 4.39 Å². The Kier molecular flexibility index (Phi) is 5.46. The monoisotopic (exact) mass is 354 g/mol. The maximum absolute atomic E-state index is 13.8. The molecule has 128 valence electrons. The van der Waals surface area contributed by atoms with Crippen molar-refractivity contribution in [2.75, 3.05) is 5.32 Å². The van der Waals surface area contributed by atoms with Crippen molar-refractivity contribution in [3.8, 4) is 0 Å². The number of benzene rings is 2. The first-order valence-corrected chi connectivity index (χ1v) is 8.41. The minimum Gasteiger partial charge on any atom is -0.467 e. The Morgan fingerprint density at radius 1 is 1.08 bits per heavy atom. The summed E-state index contributed by atoms with van der Waals surface area (Å²) in [6.45, 7) is 2.89. The van der Waals surface area contributed by atoms with Crippen LogP contribution >= 0.6 is 12.2 Å². The van der Waals surface area contributed by atoms with Crippen LogP contribution in [0.2, 0.25) is 0 Å². The summed E-state index contributed by atoms with van der Waals surface area (Å²) < 4.78 is 19.2. The van der Waals surface area contributed by atoms with Crippen molar-refractivity contribution >= 4 is 23.0 Å². The first-order valence-electron chi connectivity index (χ1n) is 8.00. The molecule has 0 aliphatic heterocycles. The zero-order chi connectivity index (χ0) is 17.6. The average molecular weight is 354 g/mol. The fourth-order valence-corrected chi connectivity index (χ4v) is 2.71. The van der Waals surface area contributed by atoms with E-state index in [1.54, 1.807) is 19.3 Å². The fourth-order valence-electron chi connectivity index (χ4n) is 2.47. The van der Waals surface area contributed by atoms with Crippen LogP contribution in [0.25, 0.3) is 0 Å². The summed E-state index contributed by atoms with van der Waals surface area (Å²) in [5.74, 6) is 0.559. The average Bonchev–Trinajstić information content (AvgIpc) is 3.12. The van der Waals surface area contributed by atoms with Crippen molar-refractivity contribution in [1.29, 1.82) is 0 Å². The number of nitrogens with zero attached hydrogens (tertiary/aromatic N) is 1.